The topological polar surface area (TPSA) is 83.8 Å². The van der Waals surface area contributed by atoms with Crippen molar-refractivity contribution in [2.24, 2.45) is 5.41 Å². The van der Waals surface area contributed by atoms with Gasteiger partial charge in [0.2, 0.25) is 0 Å². The van der Waals surface area contributed by atoms with Crippen LogP contribution in [0.4, 0.5) is 0 Å². The first kappa shape index (κ1) is 23.6. The van der Waals surface area contributed by atoms with Gasteiger partial charge in [0.05, 0.1) is 30.2 Å². The molecule has 1 aromatic carbocycles. The number of ether oxygens (including phenoxy) is 3. The highest BCUT2D eigenvalue weighted by atomic mass is 16.5. The smallest absolute Gasteiger partial charge is 0.260 e. The predicted molar refractivity (Wildman–Crippen MR) is 128 cm³/mol. The summed E-state index contributed by atoms with van der Waals surface area (Å²) < 4.78 is 18.1. The zero-order valence-electron chi connectivity index (χ0n) is 20.0. The standard InChI is InChI=1S/C27H37N3O4/c28-18-27(11-14-32-15-12-27)19-29-23-5-3-13-30-24(23)16-33-21-9-7-20(8-10-21)22-4-1-2-6-25(22)34-17-26(30)31/h1-2,4,6,20-21,23-24,29H,3,5,7-17,19H2/t20?,21?,23-,24-/m0/s1. The van der Waals surface area contributed by atoms with Crippen molar-refractivity contribution in [3.05, 3.63) is 29.8 Å². The number of nitriles is 1. The van der Waals surface area contributed by atoms with Gasteiger partial charge >= 0.3 is 0 Å². The quantitative estimate of drug-likeness (QED) is 0.734. The fraction of sp³-hybridized carbons (Fsp3) is 0.704. The van der Waals surface area contributed by atoms with E-state index >= 15 is 0 Å². The lowest BCUT2D eigenvalue weighted by atomic mass is 9.81. The highest BCUT2D eigenvalue weighted by Gasteiger charge is 2.39. The van der Waals surface area contributed by atoms with Gasteiger partial charge in [-0.2, -0.15) is 5.26 Å². The lowest BCUT2D eigenvalue weighted by Gasteiger charge is -2.43. The second-order valence-electron chi connectivity index (χ2n) is 10.4. The number of benzene rings is 1. The Labute approximate surface area is 202 Å². The first-order valence-electron chi connectivity index (χ1n) is 13.0. The Morgan fingerprint density at radius 2 is 1.91 bits per heavy atom. The Balaban J connectivity index is 1.34. The van der Waals surface area contributed by atoms with Gasteiger partial charge in [0.1, 0.15) is 5.75 Å². The zero-order chi connectivity index (χ0) is 23.4. The molecule has 4 heterocycles. The lowest BCUT2D eigenvalue weighted by molar-refractivity contribution is -0.141. The van der Waals surface area contributed by atoms with Gasteiger partial charge in [-0.3, -0.25) is 4.79 Å². The summed E-state index contributed by atoms with van der Waals surface area (Å²) in [7, 11) is 0. The molecule has 4 aliphatic heterocycles. The Bertz CT molecular complexity index is 886. The second-order valence-corrected chi connectivity index (χ2v) is 10.4. The number of hydrogen-bond acceptors (Lipinski definition) is 6. The number of amides is 1. The minimum absolute atomic E-state index is 0.0163. The van der Waals surface area contributed by atoms with Gasteiger partial charge in [0, 0.05) is 32.3 Å². The highest BCUT2D eigenvalue weighted by molar-refractivity contribution is 5.78. The van der Waals surface area contributed by atoms with Crippen molar-refractivity contribution in [3.63, 3.8) is 0 Å². The van der Waals surface area contributed by atoms with E-state index in [1.807, 2.05) is 17.0 Å². The van der Waals surface area contributed by atoms with Gasteiger partial charge in [-0.1, -0.05) is 18.2 Å². The molecule has 5 aliphatic rings. The highest BCUT2D eigenvalue weighted by Crippen LogP contribution is 2.39. The monoisotopic (exact) mass is 467 g/mol. The van der Waals surface area contributed by atoms with Crippen LogP contribution in [0.15, 0.2) is 24.3 Å². The largest absolute Gasteiger partial charge is 0.483 e. The van der Waals surface area contributed by atoms with Crippen molar-refractivity contribution in [1.29, 1.82) is 5.26 Å². The molecule has 2 atom stereocenters. The maximum Gasteiger partial charge on any atom is 0.260 e. The normalized spacial score (nSPS) is 31.6. The third kappa shape index (κ3) is 5.10. The molecule has 0 unspecified atom stereocenters. The van der Waals surface area contributed by atoms with Gasteiger partial charge in [-0.15, -0.1) is 0 Å². The fourth-order valence-corrected chi connectivity index (χ4v) is 6.17. The number of carbonyl (C=O) groups is 1. The van der Waals surface area contributed by atoms with Gasteiger partial charge in [0.25, 0.3) is 5.91 Å². The molecule has 2 bridgehead atoms. The van der Waals surface area contributed by atoms with E-state index in [0.717, 1.165) is 63.7 Å². The van der Waals surface area contributed by atoms with Crippen molar-refractivity contribution in [1.82, 2.24) is 10.2 Å². The molecule has 7 heteroatoms. The molecule has 1 aromatic rings. The number of fused-ring (bicyclic) bond motifs is 5. The van der Waals surface area contributed by atoms with E-state index in [2.05, 4.69) is 23.5 Å². The maximum absolute atomic E-state index is 13.4. The van der Waals surface area contributed by atoms with E-state index in [-0.39, 0.29) is 36.1 Å². The SMILES string of the molecule is N#CC1(CN[C@H]2CCCN3C(=O)COc4ccccc4C4CCC(CC4)OC[C@@H]23)CCOCC1. The van der Waals surface area contributed by atoms with Crippen LogP contribution in [0.25, 0.3) is 0 Å². The van der Waals surface area contributed by atoms with Crippen LogP contribution in [-0.4, -0.2) is 68.5 Å². The number of hydrogen-bond donors (Lipinski definition) is 1. The van der Waals surface area contributed by atoms with Crippen LogP contribution in [0, 0.1) is 16.7 Å². The fourth-order valence-electron chi connectivity index (χ4n) is 6.17. The van der Waals surface area contributed by atoms with Crippen molar-refractivity contribution >= 4 is 5.91 Å². The van der Waals surface area contributed by atoms with Crippen molar-refractivity contribution in [3.8, 4) is 11.8 Å². The van der Waals surface area contributed by atoms with E-state index in [1.54, 1.807) is 0 Å². The molecule has 3 fully saturated rings. The second kappa shape index (κ2) is 10.6. The number of nitrogens with zero attached hydrogens (tertiary/aromatic N) is 2. The molecule has 34 heavy (non-hydrogen) atoms. The third-order valence-electron chi connectivity index (χ3n) is 8.38. The first-order chi connectivity index (χ1) is 16.7. The van der Waals surface area contributed by atoms with E-state index in [0.29, 0.717) is 32.3 Å². The van der Waals surface area contributed by atoms with Crippen molar-refractivity contribution in [2.75, 3.05) is 39.5 Å². The van der Waals surface area contributed by atoms with Crippen LogP contribution in [-0.2, 0) is 14.3 Å². The minimum Gasteiger partial charge on any atom is -0.483 e. The molecule has 0 spiro atoms. The van der Waals surface area contributed by atoms with Crippen LogP contribution in [0.1, 0.15) is 62.8 Å². The molecule has 0 aromatic heterocycles. The summed E-state index contributed by atoms with van der Waals surface area (Å²) in [6.45, 7) is 3.22. The number of rotatable bonds is 3. The molecule has 0 radical (unpaired) electrons. The van der Waals surface area contributed by atoms with Crippen LogP contribution < -0.4 is 10.1 Å². The number of para-hydroxylation sites is 1. The van der Waals surface area contributed by atoms with Gasteiger partial charge in [-0.05, 0) is 68.9 Å². The van der Waals surface area contributed by atoms with Gasteiger partial charge in [-0.25, -0.2) is 0 Å². The molecule has 2 saturated heterocycles. The third-order valence-corrected chi connectivity index (χ3v) is 8.38. The molecule has 1 amide bonds. The van der Waals surface area contributed by atoms with E-state index in [1.165, 1.54) is 5.56 Å². The molecular weight excluding hydrogens is 430 g/mol. The average molecular weight is 468 g/mol. The Morgan fingerprint density at radius 1 is 1.12 bits per heavy atom. The van der Waals surface area contributed by atoms with E-state index in [9.17, 15) is 10.1 Å². The van der Waals surface area contributed by atoms with Crippen LogP contribution in [0.5, 0.6) is 5.75 Å². The number of piperidine rings is 1. The summed E-state index contributed by atoms with van der Waals surface area (Å²) in [6.07, 6.45) is 7.91. The predicted octanol–water partition coefficient (Wildman–Crippen LogP) is 3.39. The van der Waals surface area contributed by atoms with Crippen LogP contribution >= 0.6 is 0 Å². The van der Waals surface area contributed by atoms with Crippen LogP contribution in [0.3, 0.4) is 0 Å². The Hall–Kier alpha value is -2.14. The Kier molecular flexibility index (Phi) is 7.38. The zero-order valence-corrected chi connectivity index (χ0v) is 20.0. The molecule has 184 valence electrons. The maximum atomic E-state index is 13.4. The lowest BCUT2D eigenvalue weighted by Crippen LogP contribution is -2.60. The molecule has 1 saturated carbocycles. The minimum atomic E-state index is -0.389. The summed E-state index contributed by atoms with van der Waals surface area (Å²) in [4.78, 5) is 15.3. The van der Waals surface area contributed by atoms with Crippen molar-refractivity contribution in [2.45, 2.75) is 75.5 Å². The molecule has 1 N–H and O–H groups in total. The molecular formula is C27H37N3O4. The summed E-state index contributed by atoms with van der Waals surface area (Å²) in [5, 5.41) is 13.6. The summed E-state index contributed by atoms with van der Waals surface area (Å²) in [5.74, 6) is 1.33. The Morgan fingerprint density at radius 3 is 2.71 bits per heavy atom. The van der Waals surface area contributed by atoms with Crippen LogP contribution in [0.2, 0.25) is 0 Å². The van der Waals surface area contributed by atoms with Gasteiger partial charge in [0.15, 0.2) is 6.61 Å². The first-order valence-corrected chi connectivity index (χ1v) is 13.0. The summed E-state index contributed by atoms with van der Waals surface area (Å²) in [6, 6.07) is 10.8. The molecule has 6 rings (SSSR count). The molecule has 7 nitrogen and oxygen atoms in total. The summed E-state index contributed by atoms with van der Waals surface area (Å²) >= 11 is 0. The number of carbonyl (C=O) groups excluding carboxylic acids is 1. The molecule has 1 aliphatic carbocycles. The van der Waals surface area contributed by atoms with Crippen molar-refractivity contribution < 1.29 is 19.0 Å². The average Bonchev–Trinajstić information content (AvgIpc) is 2.91. The van der Waals surface area contributed by atoms with E-state index in [4.69, 9.17) is 14.2 Å². The van der Waals surface area contributed by atoms with Gasteiger partial charge < -0.3 is 24.4 Å². The number of nitrogens with one attached hydrogen (secondary N) is 1. The summed E-state index contributed by atoms with van der Waals surface area (Å²) in [5.41, 5.74) is 0.834. The van der Waals surface area contributed by atoms with E-state index < -0.39 is 0 Å².